The van der Waals surface area contributed by atoms with Crippen molar-refractivity contribution in [1.82, 2.24) is 0 Å². The Morgan fingerprint density at radius 3 is 0.500 bits per heavy atom. The van der Waals surface area contributed by atoms with Crippen molar-refractivity contribution in [3.05, 3.63) is 0 Å². The minimum absolute atomic E-state index is 0. The van der Waals surface area contributed by atoms with Crippen LogP contribution in [0.25, 0.3) is 0 Å². The van der Waals surface area contributed by atoms with E-state index >= 15 is 0 Å². The van der Waals surface area contributed by atoms with E-state index in [1.165, 1.54) is 0 Å². The fourth-order valence-corrected chi connectivity index (χ4v) is 0. The molecule has 6 heavy (non-hydrogen) atoms. The van der Waals surface area contributed by atoms with Gasteiger partial charge in [-0.2, -0.15) is 0 Å². The van der Waals surface area contributed by atoms with Crippen LogP contribution in [0.5, 0.6) is 0 Å². The largest absolute Gasteiger partial charge is 2.00 e. The molecule has 0 atom stereocenters. The average molecular weight is 245 g/mol. The first-order chi connectivity index (χ1) is 0. The normalized spacial score (nSPS) is 0. The summed E-state index contributed by atoms with van der Waals surface area (Å²) in [5.41, 5.74) is 0. The molecule has 0 amide bonds. The van der Waals surface area contributed by atoms with Crippen molar-refractivity contribution in [2.24, 2.45) is 0 Å². The molecule has 0 bridgehead atoms. The monoisotopic (exact) mass is 243 g/mol. The fourth-order valence-electron chi connectivity index (χ4n) is 0. The third kappa shape index (κ3) is 28.3. The smallest absolute Gasteiger partial charge is 1.00 e. The van der Waals surface area contributed by atoms with Gasteiger partial charge in [-0.3, -0.25) is 0 Å². The molecule has 0 aromatic heterocycles. The fraction of sp³-hybridized carbons (Fsp3) is 0. The van der Waals surface area contributed by atoms with Crippen LogP contribution in [0.2, 0.25) is 0 Å². The van der Waals surface area contributed by atoms with Crippen LogP contribution < -0.4 is 49.6 Å². The Kier molecular flexibility index (Phi) is 481. The van der Waals surface area contributed by atoms with Gasteiger partial charge in [0.2, 0.25) is 0 Å². The van der Waals surface area contributed by atoms with Crippen LogP contribution in [0.4, 0.5) is 0 Å². The van der Waals surface area contributed by atoms with Crippen LogP contribution in [-0.2, 0) is 17.1 Å². The average Bonchev–Trinajstić information content (AvgIpc) is 0. The zero-order valence-electron chi connectivity index (χ0n) is 2.52. The second-order valence-electron chi connectivity index (χ2n) is 0. The van der Waals surface area contributed by atoms with Gasteiger partial charge in [0, 0.05) is 0 Å². The van der Waals surface area contributed by atoms with E-state index in [2.05, 4.69) is 0 Å². The Hall–Kier alpha value is 2.94. The molecule has 0 fully saturated rings. The maximum atomic E-state index is 0. The van der Waals surface area contributed by atoms with Gasteiger partial charge < -0.3 is 49.6 Å². The van der Waals surface area contributed by atoms with Gasteiger partial charge >= 0.3 is 54.8 Å². The SMILES string of the molecule is [Ca+2].[Cl-].[Cl-].[Cl-].[Cl-].[Cu+2]. The molecule has 0 nitrogen and oxygen atoms in total. The van der Waals surface area contributed by atoms with E-state index in [-0.39, 0.29) is 104 Å². The van der Waals surface area contributed by atoms with Crippen LogP contribution in [-0.4, -0.2) is 37.7 Å². The maximum absolute atomic E-state index is 0. The summed E-state index contributed by atoms with van der Waals surface area (Å²) < 4.78 is 0. The molecule has 0 spiro atoms. The number of halogens is 4. The molecule has 0 saturated carbocycles. The van der Waals surface area contributed by atoms with E-state index in [1.807, 2.05) is 0 Å². The number of hydrogen-bond donors (Lipinski definition) is 0. The third-order valence-corrected chi connectivity index (χ3v) is 0. The minimum atomic E-state index is 0. The van der Waals surface area contributed by atoms with Gasteiger partial charge in [0.05, 0.1) is 0 Å². The summed E-state index contributed by atoms with van der Waals surface area (Å²) in [7, 11) is 0. The van der Waals surface area contributed by atoms with E-state index in [0.29, 0.717) is 0 Å². The first-order valence-corrected chi connectivity index (χ1v) is 0. The van der Waals surface area contributed by atoms with Gasteiger partial charge in [0.25, 0.3) is 0 Å². The van der Waals surface area contributed by atoms with Gasteiger partial charge in [-0.05, 0) is 0 Å². The Balaban J connectivity index is 0. The van der Waals surface area contributed by atoms with Crippen LogP contribution in [0.1, 0.15) is 0 Å². The van der Waals surface area contributed by atoms with Crippen LogP contribution in [0.15, 0.2) is 0 Å². The zero-order chi connectivity index (χ0) is 0. The molecule has 0 aromatic carbocycles. The summed E-state index contributed by atoms with van der Waals surface area (Å²) in [6.07, 6.45) is 0. The molecule has 0 unspecified atom stereocenters. The van der Waals surface area contributed by atoms with Crippen LogP contribution >= 0.6 is 0 Å². The van der Waals surface area contributed by atoms with Gasteiger partial charge in [-0.15, -0.1) is 0 Å². The molecule has 1 radical (unpaired) electrons. The van der Waals surface area contributed by atoms with Crippen molar-refractivity contribution in [2.75, 3.05) is 0 Å². The summed E-state index contributed by atoms with van der Waals surface area (Å²) >= 11 is 0. The molecule has 0 aromatic rings. The van der Waals surface area contributed by atoms with E-state index in [4.69, 9.17) is 0 Å². The maximum Gasteiger partial charge on any atom is 2.00 e. The van der Waals surface area contributed by atoms with E-state index in [0.717, 1.165) is 0 Å². The van der Waals surface area contributed by atoms with Gasteiger partial charge in [0.15, 0.2) is 0 Å². The van der Waals surface area contributed by atoms with Crippen molar-refractivity contribution in [3.8, 4) is 0 Å². The standard InChI is InChI=1S/Ca.4ClH.Cu/h;4*1H;/q+2;;;;;+2/p-4. The second-order valence-corrected chi connectivity index (χ2v) is 0. The van der Waals surface area contributed by atoms with Crippen LogP contribution in [0.3, 0.4) is 0 Å². The summed E-state index contributed by atoms with van der Waals surface area (Å²) in [5.74, 6) is 0. The Labute approximate surface area is 103 Å². The molecule has 6 heteroatoms. The van der Waals surface area contributed by atoms with Gasteiger partial charge in [-0.1, -0.05) is 0 Å². The van der Waals surface area contributed by atoms with Crippen molar-refractivity contribution in [3.63, 3.8) is 0 Å². The van der Waals surface area contributed by atoms with Crippen molar-refractivity contribution < 1.29 is 66.7 Å². The summed E-state index contributed by atoms with van der Waals surface area (Å²) in [5, 5.41) is 0. The predicted molar refractivity (Wildman–Crippen MR) is 5.75 cm³/mol. The molecule has 0 rings (SSSR count). The Morgan fingerprint density at radius 2 is 0.500 bits per heavy atom. The topological polar surface area (TPSA) is 0 Å². The zero-order valence-corrected chi connectivity index (χ0v) is 8.69. The molecule has 0 saturated heterocycles. The summed E-state index contributed by atoms with van der Waals surface area (Å²) in [6, 6.07) is 0. The molecule has 0 heterocycles. The predicted octanol–water partition coefficient (Wildman–Crippen LogP) is -12.4. The van der Waals surface area contributed by atoms with Crippen molar-refractivity contribution in [1.29, 1.82) is 0 Å². The molecular formula is CaCl4Cu. The van der Waals surface area contributed by atoms with Crippen molar-refractivity contribution in [2.45, 2.75) is 0 Å². The molecule has 0 N–H and O–H groups in total. The summed E-state index contributed by atoms with van der Waals surface area (Å²) in [6.45, 7) is 0. The quantitative estimate of drug-likeness (QED) is 0.372. The molecular weight excluding hydrogens is 245 g/mol. The molecule has 0 aliphatic heterocycles. The molecule has 0 aliphatic rings. The van der Waals surface area contributed by atoms with Gasteiger partial charge in [0.1, 0.15) is 0 Å². The van der Waals surface area contributed by atoms with E-state index < -0.39 is 0 Å². The number of hydrogen-bond acceptors (Lipinski definition) is 0. The second kappa shape index (κ2) is 44.3. The Morgan fingerprint density at radius 1 is 0.500 bits per heavy atom. The first kappa shape index (κ1) is 65.2. The van der Waals surface area contributed by atoms with Crippen LogP contribution in [0, 0.1) is 0 Å². The first-order valence-electron chi connectivity index (χ1n) is 0. The molecule has 41 valence electrons. The number of rotatable bonds is 0. The van der Waals surface area contributed by atoms with Gasteiger partial charge in [-0.25, -0.2) is 0 Å². The molecule has 0 aliphatic carbocycles. The van der Waals surface area contributed by atoms with E-state index in [1.54, 1.807) is 0 Å². The minimum Gasteiger partial charge on any atom is -1.00 e. The Bertz CT molecular complexity index is 7.51. The summed E-state index contributed by atoms with van der Waals surface area (Å²) in [4.78, 5) is 0. The van der Waals surface area contributed by atoms with Crippen molar-refractivity contribution >= 4 is 37.7 Å². The van der Waals surface area contributed by atoms with E-state index in [9.17, 15) is 0 Å². The third-order valence-electron chi connectivity index (χ3n) is 0.